The van der Waals surface area contributed by atoms with Crippen molar-refractivity contribution in [1.29, 1.82) is 0 Å². The first-order chi connectivity index (χ1) is 10.1. The van der Waals surface area contributed by atoms with Gasteiger partial charge in [-0.15, -0.1) is 0 Å². The molecule has 2 aromatic heterocycles. The Bertz CT molecular complexity index is 620. The van der Waals surface area contributed by atoms with Crippen LogP contribution in [0, 0.1) is 6.92 Å². The third-order valence-corrected chi connectivity index (χ3v) is 3.05. The van der Waals surface area contributed by atoms with E-state index in [9.17, 15) is 4.79 Å². The number of hydrogen-bond acceptors (Lipinski definition) is 4. The Hall–Kier alpha value is -2.37. The Morgan fingerprint density at radius 1 is 1.43 bits per heavy atom. The summed E-state index contributed by atoms with van der Waals surface area (Å²) in [7, 11) is 1.85. The molecule has 0 saturated carbocycles. The van der Waals surface area contributed by atoms with Crippen molar-refractivity contribution < 1.29 is 4.79 Å². The zero-order valence-electron chi connectivity index (χ0n) is 12.7. The molecule has 0 fully saturated rings. The lowest BCUT2D eigenvalue weighted by atomic mass is 10.2. The summed E-state index contributed by atoms with van der Waals surface area (Å²) in [6, 6.07) is 3.77. The molecule has 2 N–H and O–H groups in total. The molecule has 6 heteroatoms. The number of carbonyl (C=O) groups is 1. The quantitative estimate of drug-likeness (QED) is 0.851. The minimum atomic E-state index is -0.147. The number of anilines is 1. The van der Waals surface area contributed by atoms with Crippen LogP contribution in [0.5, 0.6) is 0 Å². The molecule has 2 heterocycles. The van der Waals surface area contributed by atoms with Gasteiger partial charge in [-0.2, -0.15) is 5.10 Å². The molecule has 0 atom stereocenters. The molecule has 2 rings (SSSR count). The summed E-state index contributed by atoms with van der Waals surface area (Å²) >= 11 is 0. The summed E-state index contributed by atoms with van der Waals surface area (Å²) in [4.78, 5) is 16.5. The van der Waals surface area contributed by atoms with Gasteiger partial charge in [-0.1, -0.05) is 6.92 Å². The highest BCUT2D eigenvalue weighted by Crippen LogP contribution is 2.15. The van der Waals surface area contributed by atoms with E-state index in [1.807, 2.05) is 32.3 Å². The maximum absolute atomic E-state index is 12.3. The van der Waals surface area contributed by atoms with Gasteiger partial charge in [0.1, 0.15) is 0 Å². The predicted octanol–water partition coefficient (Wildman–Crippen LogP) is 1.88. The Morgan fingerprint density at radius 2 is 2.24 bits per heavy atom. The molecule has 0 aliphatic carbocycles. The largest absolute Gasteiger partial charge is 0.384 e. The molecule has 112 valence electrons. The maximum atomic E-state index is 12.3. The molecular formula is C15H21N5O. The van der Waals surface area contributed by atoms with Crippen molar-refractivity contribution in [2.75, 3.05) is 11.9 Å². The number of amides is 1. The molecular weight excluding hydrogens is 266 g/mol. The molecule has 0 spiro atoms. The Kier molecular flexibility index (Phi) is 4.92. The Morgan fingerprint density at radius 3 is 2.90 bits per heavy atom. The van der Waals surface area contributed by atoms with E-state index in [1.54, 1.807) is 10.9 Å². The highest BCUT2D eigenvalue weighted by atomic mass is 16.1. The van der Waals surface area contributed by atoms with Crippen LogP contribution in [0.4, 0.5) is 5.69 Å². The number of aromatic nitrogens is 3. The van der Waals surface area contributed by atoms with Crippen molar-refractivity contribution in [3.05, 3.63) is 41.5 Å². The Balaban J connectivity index is 2.07. The van der Waals surface area contributed by atoms with Crippen LogP contribution in [-0.4, -0.2) is 27.2 Å². The van der Waals surface area contributed by atoms with Crippen LogP contribution in [0.3, 0.4) is 0 Å². The van der Waals surface area contributed by atoms with E-state index in [1.165, 1.54) is 0 Å². The molecule has 0 unspecified atom stereocenters. The Labute approximate surface area is 124 Å². The second-order valence-corrected chi connectivity index (χ2v) is 4.96. The molecule has 6 nitrogen and oxygen atoms in total. The third kappa shape index (κ3) is 4.05. The van der Waals surface area contributed by atoms with Crippen LogP contribution in [0.25, 0.3) is 0 Å². The van der Waals surface area contributed by atoms with Crippen LogP contribution in [0.1, 0.15) is 35.1 Å². The molecule has 0 aliphatic rings. The lowest BCUT2D eigenvalue weighted by Gasteiger charge is -2.11. The van der Waals surface area contributed by atoms with Crippen LogP contribution in [0.2, 0.25) is 0 Å². The first-order valence-corrected chi connectivity index (χ1v) is 7.07. The summed E-state index contributed by atoms with van der Waals surface area (Å²) in [5.41, 5.74) is 3.09. The molecule has 0 aromatic carbocycles. The van der Waals surface area contributed by atoms with Gasteiger partial charge >= 0.3 is 0 Å². The van der Waals surface area contributed by atoms with E-state index in [2.05, 4.69) is 27.6 Å². The molecule has 0 aliphatic heterocycles. The SMILES string of the molecule is CCCNc1cc(C)ncc1C(=O)NCc1ccn(C)n1. The van der Waals surface area contributed by atoms with Gasteiger partial charge in [0.05, 0.1) is 23.5 Å². The number of aryl methyl sites for hydroxylation is 2. The molecule has 0 radical (unpaired) electrons. The van der Waals surface area contributed by atoms with E-state index < -0.39 is 0 Å². The van der Waals surface area contributed by atoms with Gasteiger partial charge in [0.2, 0.25) is 0 Å². The molecule has 1 amide bonds. The van der Waals surface area contributed by atoms with Gasteiger partial charge in [-0.25, -0.2) is 0 Å². The fraction of sp³-hybridized carbons (Fsp3) is 0.400. The van der Waals surface area contributed by atoms with Crippen molar-refractivity contribution in [1.82, 2.24) is 20.1 Å². The maximum Gasteiger partial charge on any atom is 0.255 e. The number of rotatable bonds is 6. The topological polar surface area (TPSA) is 71.8 Å². The predicted molar refractivity (Wildman–Crippen MR) is 82.1 cm³/mol. The van der Waals surface area contributed by atoms with Crippen LogP contribution in [-0.2, 0) is 13.6 Å². The number of carbonyl (C=O) groups excluding carboxylic acids is 1. The van der Waals surface area contributed by atoms with E-state index in [-0.39, 0.29) is 5.91 Å². The molecule has 0 saturated heterocycles. The fourth-order valence-electron chi connectivity index (χ4n) is 1.97. The van der Waals surface area contributed by atoms with E-state index in [0.29, 0.717) is 12.1 Å². The van der Waals surface area contributed by atoms with Gasteiger partial charge in [0, 0.05) is 31.7 Å². The average Bonchev–Trinajstić information content (AvgIpc) is 2.88. The number of nitrogens with zero attached hydrogens (tertiary/aromatic N) is 3. The lowest BCUT2D eigenvalue weighted by molar-refractivity contribution is 0.0951. The zero-order valence-corrected chi connectivity index (χ0v) is 12.7. The average molecular weight is 287 g/mol. The van der Waals surface area contributed by atoms with Crippen LogP contribution < -0.4 is 10.6 Å². The van der Waals surface area contributed by atoms with Crippen molar-refractivity contribution in [2.24, 2.45) is 7.05 Å². The smallest absolute Gasteiger partial charge is 0.255 e. The van der Waals surface area contributed by atoms with E-state index in [0.717, 1.165) is 30.0 Å². The summed E-state index contributed by atoms with van der Waals surface area (Å²) in [5, 5.41) is 10.4. The zero-order chi connectivity index (χ0) is 15.2. The van der Waals surface area contributed by atoms with Crippen molar-refractivity contribution in [2.45, 2.75) is 26.8 Å². The number of nitrogens with one attached hydrogen (secondary N) is 2. The third-order valence-electron chi connectivity index (χ3n) is 3.05. The van der Waals surface area contributed by atoms with Gasteiger partial charge in [0.15, 0.2) is 0 Å². The van der Waals surface area contributed by atoms with Crippen molar-refractivity contribution >= 4 is 11.6 Å². The van der Waals surface area contributed by atoms with Gasteiger partial charge in [0.25, 0.3) is 5.91 Å². The molecule has 2 aromatic rings. The molecule has 0 bridgehead atoms. The van der Waals surface area contributed by atoms with Gasteiger partial charge < -0.3 is 10.6 Å². The summed E-state index contributed by atoms with van der Waals surface area (Å²) in [6.45, 7) is 5.22. The van der Waals surface area contributed by atoms with E-state index >= 15 is 0 Å². The standard InChI is InChI=1S/C15H21N5O/c1-4-6-16-14-8-11(2)17-10-13(14)15(21)18-9-12-5-7-20(3)19-12/h5,7-8,10H,4,6,9H2,1-3H3,(H,16,17)(H,18,21). The molecule has 21 heavy (non-hydrogen) atoms. The van der Waals surface area contributed by atoms with Crippen molar-refractivity contribution in [3.8, 4) is 0 Å². The highest BCUT2D eigenvalue weighted by Gasteiger charge is 2.12. The number of hydrogen-bond donors (Lipinski definition) is 2. The summed E-state index contributed by atoms with van der Waals surface area (Å²) in [5.74, 6) is -0.147. The fourth-order valence-corrected chi connectivity index (χ4v) is 1.97. The van der Waals surface area contributed by atoms with Crippen LogP contribution >= 0.6 is 0 Å². The minimum absolute atomic E-state index is 0.147. The minimum Gasteiger partial charge on any atom is -0.384 e. The first kappa shape index (κ1) is 15.0. The highest BCUT2D eigenvalue weighted by molar-refractivity contribution is 5.99. The normalized spacial score (nSPS) is 10.4. The lowest BCUT2D eigenvalue weighted by Crippen LogP contribution is -2.24. The van der Waals surface area contributed by atoms with Crippen molar-refractivity contribution in [3.63, 3.8) is 0 Å². The van der Waals surface area contributed by atoms with Gasteiger partial charge in [-0.05, 0) is 25.5 Å². The first-order valence-electron chi connectivity index (χ1n) is 7.07. The van der Waals surface area contributed by atoms with E-state index in [4.69, 9.17) is 0 Å². The number of pyridine rings is 1. The monoisotopic (exact) mass is 287 g/mol. The summed E-state index contributed by atoms with van der Waals surface area (Å²) < 4.78 is 1.71. The second kappa shape index (κ2) is 6.88. The second-order valence-electron chi connectivity index (χ2n) is 4.96. The summed E-state index contributed by atoms with van der Waals surface area (Å²) in [6.07, 6.45) is 4.46. The van der Waals surface area contributed by atoms with Gasteiger partial charge in [-0.3, -0.25) is 14.5 Å². The van der Waals surface area contributed by atoms with Crippen LogP contribution in [0.15, 0.2) is 24.5 Å².